The maximum absolute atomic E-state index is 13.0. The number of hydrogen-bond acceptors (Lipinski definition) is 6. The maximum Gasteiger partial charge on any atom is 0.261 e. The molecule has 1 aromatic heterocycles. The summed E-state index contributed by atoms with van der Waals surface area (Å²) in [6.07, 6.45) is 1.23. The molecule has 0 spiro atoms. The van der Waals surface area contributed by atoms with Gasteiger partial charge in [-0.15, -0.1) is 0 Å². The van der Waals surface area contributed by atoms with E-state index in [0.717, 1.165) is 5.56 Å². The number of sulfonamides is 1. The number of aromatic hydroxyl groups is 1. The topological polar surface area (TPSA) is 104 Å². The van der Waals surface area contributed by atoms with Gasteiger partial charge in [-0.05, 0) is 41.3 Å². The molecule has 0 aliphatic rings. The Balaban J connectivity index is 2.03. The molecular weight excluding hydrogens is 424 g/mol. The van der Waals surface area contributed by atoms with Crippen molar-refractivity contribution in [2.24, 2.45) is 0 Å². The van der Waals surface area contributed by atoms with Crippen LogP contribution in [0, 0.1) is 0 Å². The van der Waals surface area contributed by atoms with Gasteiger partial charge >= 0.3 is 0 Å². The molecule has 0 bridgehead atoms. The molecule has 2 aromatic carbocycles. The van der Waals surface area contributed by atoms with E-state index in [2.05, 4.69) is 40.8 Å². The van der Waals surface area contributed by atoms with Crippen LogP contribution < -0.4 is 10.0 Å². The molecule has 9 heteroatoms. The third kappa shape index (κ3) is 4.66. The lowest BCUT2D eigenvalue weighted by molar-refractivity contribution is 0.472. The summed E-state index contributed by atoms with van der Waals surface area (Å²) in [5, 5.41) is 13.4. The predicted octanol–water partition coefficient (Wildman–Crippen LogP) is 4.64. The first kappa shape index (κ1) is 21.9. The van der Waals surface area contributed by atoms with Crippen LogP contribution in [0.4, 0.5) is 11.6 Å². The highest BCUT2D eigenvalue weighted by Gasteiger charge is 2.21. The van der Waals surface area contributed by atoms with E-state index in [4.69, 9.17) is 11.6 Å². The normalized spacial score (nSPS) is 11.9. The molecule has 0 fully saturated rings. The van der Waals surface area contributed by atoms with Crippen LogP contribution >= 0.6 is 11.6 Å². The van der Waals surface area contributed by atoms with Gasteiger partial charge < -0.3 is 10.4 Å². The van der Waals surface area contributed by atoms with Crippen molar-refractivity contribution in [1.82, 2.24) is 9.97 Å². The van der Waals surface area contributed by atoms with Gasteiger partial charge in [0.25, 0.3) is 10.0 Å². The SMILES string of the molecule is CNc1ncc(O)c(-c2cc(Cl)ccc2NS(=O)(=O)c2ccc(C(C)(C)C)cc2)n1. The number of benzene rings is 2. The van der Waals surface area contributed by atoms with Gasteiger partial charge in [-0.1, -0.05) is 44.5 Å². The second kappa shape index (κ2) is 8.12. The van der Waals surface area contributed by atoms with Gasteiger partial charge in [-0.3, -0.25) is 4.72 Å². The molecule has 0 aliphatic carbocycles. The molecule has 3 rings (SSSR count). The fraction of sp³-hybridized carbons (Fsp3) is 0.238. The Kier molecular flexibility index (Phi) is 5.92. The molecule has 0 unspecified atom stereocenters. The number of nitrogens with zero attached hydrogens (tertiary/aromatic N) is 2. The van der Waals surface area contributed by atoms with Gasteiger partial charge in [0.05, 0.1) is 16.8 Å². The molecule has 30 heavy (non-hydrogen) atoms. The molecule has 0 saturated carbocycles. The fourth-order valence-corrected chi connectivity index (χ4v) is 4.09. The van der Waals surface area contributed by atoms with Crippen molar-refractivity contribution in [3.8, 4) is 17.0 Å². The molecule has 0 atom stereocenters. The Hall–Kier alpha value is -2.84. The fourth-order valence-electron chi connectivity index (χ4n) is 2.83. The molecule has 0 aliphatic heterocycles. The van der Waals surface area contributed by atoms with E-state index in [0.29, 0.717) is 10.6 Å². The summed E-state index contributed by atoms with van der Waals surface area (Å²) in [4.78, 5) is 8.30. The van der Waals surface area contributed by atoms with Crippen LogP contribution in [0.3, 0.4) is 0 Å². The van der Waals surface area contributed by atoms with Crippen LogP contribution in [0.1, 0.15) is 26.3 Å². The summed E-state index contributed by atoms with van der Waals surface area (Å²) in [6.45, 7) is 6.17. The summed E-state index contributed by atoms with van der Waals surface area (Å²) in [7, 11) is -2.24. The lowest BCUT2D eigenvalue weighted by Gasteiger charge is -2.19. The van der Waals surface area contributed by atoms with Gasteiger partial charge in [0.2, 0.25) is 5.95 Å². The molecule has 0 saturated heterocycles. The summed E-state index contributed by atoms with van der Waals surface area (Å²) in [5.74, 6) is 0.0700. The van der Waals surface area contributed by atoms with E-state index in [-0.39, 0.29) is 33.4 Å². The predicted molar refractivity (Wildman–Crippen MR) is 120 cm³/mol. The number of hydrogen-bond donors (Lipinski definition) is 3. The second-order valence-corrected chi connectivity index (χ2v) is 9.87. The number of anilines is 2. The van der Waals surface area contributed by atoms with Crippen molar-refractivity contribution >= 4 is 33.3 Å². The van der Waals surface area contributed by atoms with Gasteiger partial charge in [0.15, 0.2) is 5.75 Å². The monoisotopic (exact) mass is 446 g/mol. The summed E-state index contributed by atoms with van der Waals surface area (Å²) in [6, 6.07) is 11.4. The highest BCUT2D eigenvalue weighted by molar-refractivity contribution is 7.92. The van der Waals surface area contributed by atoms with Crippen molar-refractivity contribution in [1.29, 1.82) is 0 Å². The first-order valence-corrected chi connectivity index (χ1v) is 11.0. The Labute approximate surface area is 181 Å². The molecule has 3 N–H and O–H groups in total. The number of aromatic nitrogens is 2. The number of rotatable bonds is 5. The first-order valence-electron chi connectivity index (χ1n) is 9.18. The average Bonchev–Trinajstić information content (AvgIpc) is 2.69. The Bertz CT molecular complexity index is 1170. The molecular formula is C21H23ClN4O3S. The first-order chi connectivity index (χ1) is 14.0. The van der Waals surface area contributed by atoms with Crippen LogP contribution in [0.2, 0.25) is 5.02 Å². The van der Waals surface area contributed by atoms with E-state index < -0.39 is 10.0 Å². The zero-order valence-corrected chi connectivity index (χ0v) is 18.6. The number of halogens is 1. The quantitative estimate of drug-likeness (QED) is 0.527. The summed E-state index contributed by atoms with van der Waals surface area (Å²) in [5.41, 5.74) is 1.65. The highest BCUT2D eigenvalue weighted by Crippen LogP contribution is 2.36. The Morgan fingerprint density at radius 1 is 1.07 bits per heavy atom. The van der Waals surface area contributed by atoms with Crippen molar-refractivity contribution in [2.75, 3.05) is 17.1 Å². The Morgan fingerprint density at radius 3 is 2.33 bits per heavy atom. The third-order valence-corrected chi connectivity index (χ3v) is 6.12. The van der Waals surface area contributed by atoms with E-state index >= 15 is 0 Å². The van der Waals surface area contributed by atoms with Gasteiger partial charge in [-0.2, -0.15) is 0 Å². The zero-order chi connectivity index (χ0) is 22.1. The van der Waals surface area contributed by atoms with Crippen LogP contribution in [-0.4, -0.2) is 30.5 Å². The van der Waals surface area contributed by atoms with Crippen molar-refractivity contribution in [3.05, 3.63) is 59.2 Å². The van der Waals surface area contributed by atoms with E-state index in [1.807, 2.05) is 0 Å². The molecule has 7 nitrogen and oxygen atoms in total. The minimum atomic E-state index is -3.88. The standard InChI is InChI=1S/C21H23ClN4O3S/c1-21(2,3)13-5-8-15(9-6-13)30(28,29)26-17-10-7-14(22)11-16(17)19-18(27)12-24-20(23-4)25-19/h5-12,26-27H,1-4H3,(H,23,24,25). The smallest absolute Gasteiger partial charge is 0.261 e. The average molecular weight is 447 g/mol. The minimum absolute atomic E-state index is 0.0887. The zero-order valence-electron chi connectivity index (χ0n) is 17.1. The van der Waals surface area contributed by atoms with E-state index in [9.17, 15) is 13.5 Å². The molecule has 158 valence electrons. The van der Waals surface area contributed by atoms with Crippen molar-refractivity contribution in [3.63, 3.8) is 0 Å². The molecule has 1 heterocycles. The lowest BCUT2D eigenvalue weighted by atomic mass is 9.87. The van der Waals surface area contributed by atoms with Crippen LogP contribution in [0.5, 0.6) is 5.75 Å². The minimum Gasteiger partial charge on any atom is -0.504 e. The third-order valence-electron chi connectivity index (χ3n) is 4.50. The molecule has 3 aromatic rings. The van der Waals surface area contributed by atoms with Gasteiger partial charge in [0.1, 0.15) is 5.69 Å². The number of nitrogens with one attached hydrogen (secondary N) is 2. The summed E-state index contributed by atoms with van der Waals surface area (Å²) < 4.78 is 28.5. The van der Waals surface area contributed by atoms with Crippen LogP contribution in [-0.2, 0) is 15.4 Å². The highest BCUT2D eigenvalue weighted by atomic mass is 35.5. The van der Waals surface area contributed by atoms with E-state index in [1.54, 1.807) is 37.4 Å². The van der Waals surface area contributed by atoms with Crippen LogP contribution in [0.15, 0.2) is 53.6 Å². The van der Waals surface area contributed by atoms with Gasteiger partial charge in [0, 0.05) is 17.6 Å². The Morgan fingerprint density at radius 2 is 1.73 bits per heavy atom. The van der Waals surface area contributed by atoms with Crippen LogP contribution in [0.25, 0.3) is 11.3 Å². The maximum atomic E-state index is 13.0. The lowest BCUT2D eigenvalue weighted by Crippen LogP contribution is -2.15. The molecule has 0 radical (unpaired) electrons. The largest absolute Gasteiger partial charge is 0.504 e. The van der Waals surface area contributed by atoms with Crippen molar-refractivity contribution < 1.29 is 13.5 Å². The van der Waals surface area contributed by atoms with Gasteiger partial charge in [-0.25, -0.2) is 18.4 Å². The van der Waals surface area contributed by atoms with E-state index in [1.165, 1.54) is 18.3 Å². The second-order valence-electron chi connectivity index (χ2n) is 7.75. The molecule has 0 amide bonds. The van der Waals surface area contributed by atoms with Crippen molar-refractivity contribution in [2.45, 2.75) is 31.1 Å². The summed E-state index contributed by atoms with van der Waals surface area (Å²) >= 11 is 6.12.